The first-order valence-electron chi connectivity index (χ1n) is 3.54. The van der Waals surface area contributed by atoms with Gasteiger partial charge in [0.15, 0.2) is 0 Å². The molecule has 0 saturated carbocycles. The molecule has 0 aliphatic carbocycles. The van der Waals surface area contributed by atoms with E-state index < -0.39 is 5.44 Å². The van der Waals surface area contributed by atoms with Gasteiger partial charge in [-0.05, 0) is 19.1 Å². The minimum absolute atomic E-state index is 0.429. The fraction of sp³-hybridized carbons (Fsp3) is 1.00. The molecule has 9 heavy (non-hydrogen) atoms. The lowest BCUT2D eigenvalue weighted by atomic mass is 10.3. The van der Waals surface area contributed by atoms with E-state index in [4.69, 9.17) is 0 Å². The van der Waals surface area contributed by atoms with Crippen LogP contribution in [0.3, 0.4) is 0 Å². The molecule has 55 valence electrons. The lowest BCUT2D eigenvalue weighted by molar-refractivity contribution is 0.181. The molecule has 0 fully saturated rings. The van der Waals surface area contributed by atoms with Crippen molar-refractivity contribution in [3.63, 3.8) is 0 Å². The fourth-order valence-electron chi connectivity index (χ4n) is 0.601. The van der Waals surface area contributed by atoms with Gasteiger partial charge in [-0.3, -0.25) is 0 Å². The molecule has 0 spiro atoms. The highest BCUT2D eigenvalue weighted by Crippen LogP contribution is 2.10. The van der Waals surface area contributed by atoms with Crippen molar-refractivity contribution < 1.29 is 5.11 Å². The van der Waals surface area contributed by atoms with Crippen molar-refractivity contribution in [1.82, 2.24) is 0 Å². The summed E-state index contributed by atoms with van der Waals surface area (Å²) in [4.78, 5) is 0. The Hall–Kier alpha value is 0.310. The van der Waals surface area contributed by atoms with Crippen LogP contribution in [0.15, 0.2) is 0 Å². The maximum Gasteiger partial charge on any atom is 0.135 e. The molecule has 0 saturated heterocycles. The first-order chi connectivity index (χ1) is 4.27. The van der Waals surface area contributed by atoms with Gasteiger partial charge in [0.1, 0.15) is 5.44 Å². The smallest absolute Gasteiger partial charge is 0.135 e. The largest absolute Gasteiger partial charge is 0.222 e. The molecule has 0 aliphatic rings. The molecule has 1 atom stereocenters. The predicted molar refractivity (Wildman–Crippen MR) is 42.1 cm³/mol. The van der Waals surface area contributed by atoms with E-state index in [1.54, 1.807) is 6.92 Å². The Morgan fingerprint density at radius 2 is 2.11 bits per heavy atom. The van der Waals surface area contributed by atoms with Gasteiger partial charge in [0.2, 0.25) is 0 Å². The second kappa shape index (κ2) is 6.43. The third-order valence-corrected chi connectivity index (χ3v) is 2.09. The van der Waals surface area contributed by atoms with E-state index in [2.05, 4.69) is 6.92 Å². The molecule has 1 radical (unpaired) electrons. The summed E-state index contributed by atoms with van der Waals surface area (Å²) in [5.74, 6) is 1.04. The van der Waals surface area contributed by atoms with Crippen molar-refractivity contribution in [2.75, 3.05) is 5.75 Å². The van der Waals surface area contributed by atoms with Gasteiger partial charge in [0.25, 0.3) is 0 Å². The molecule has 1 nitrogen and oxygen atoms in total. The minimum Gasteiger partial charge on any atom is -0.222 e. The van der Waals surface area contributed by atoms with Gasteiger partial charge < -0.3 is 0 Å². The molecule has 0 N–H and O–H groups in total. The van der Waals surface area contributed by atoms with Crippen molar-refractivity contribution in [2.24, 2.45) is 0 Å². The molecule has 0 bridgehead atoms. The SMILES string of the molecule is CCCCCSC(C)[O]. The van der Waals surface area contributed by atoms with Crippen LogP contribution in [0.2, 0.25) is 0 Å². The predicted octanol–water partition coefficient (Wildman–Crippen LogP) is 2.69. The van der Waals surface area contributed by atoms with Crippen molar-refractivity contribution in [2.45, 2.75) is 38.5 Å². The highest BCUT2D eigenvalue weighted by atomic mass is 32.2. The van der Waals surface area contributed by atoms with E-state index in [9.17, 15) is 5.11 Å². The molecule has 0 rings (SSSR count). The van der Waals surface area contributed by atoms with Crippen LogP contribution < -0.4 is 0 Å². The van der Waals surface area contributed by atoms with Gasteiger partial charge in [-0.1, -0.05) is 19.8 Å². The van der Waals surface area contributed by atoms with Gasteiger partial charge >= 0.3 is 0 Å². The summed E-state index contributed by atoms with van der Waals surface area (Å²) in [6, 6.07) is 0. The first-order valence-corrected chi connectivity index (χ1v) is 4.59. The van der Waals surface area contributed by atoms with E-state index in [-0.39, 0.29) is 0 Å². The highest BCUT2D eigenvalue weighted by molar-refractivity contribution is 7.99. The van der Waals surface area contributed by atoms with Crippen LogP contribution in [0, 0.1) is 0 Å². The molecular formula is C7H15OS. The first kappa shape index (κ1) is 9.31. The van der Waals surface area contributed by atoms with Crippen LogP contribution in [-0.2, 0) is 5.11 Å². The average Bonchev–Trinajstić information content (AvgIpc) is 1.80. The fourth-order valence-corrected chi connectivity index (χ4v) is 1.30. The monoisotopic (exact) mass is 147 g/mol. The summed E-state index contributed by atoms with van der Waals surface area (Å²) < 4.78 is 0. The Kier molecular flexibility index (Phi) is 6.65. The quantitative estimate of drug-likeness (QED) is 0.432. The van der Waals surface area contributed by atoms with Crippen LogP contribution in [0.1, 0.15) is 33.1 Å². The summed E-state index contributed by atoms with van der Waals surface area (Å²) >= 11 is 1.52. The lowest BCUT2D eigenvalue weighted by Gasteiger charge is -1.99. The standard InChI is InChI=1S/C7H15OS/c1-3-4-5-6-9-7(2)8/h7H,3-6H2,1-2H3. The second-order valence-corrected chi connectivity index (χ2v) is 3.55. The van der Waals surface area contributed by atoms with Gasteiger partial charge in [-0.25, -0.2) is 5.11 Å². The molecule has 0 aromatic rings. The highest BCUT2D eigenvalue weighted by Gasteiger charge is 1.95. The Labute approximate surface area is 61.8 Å². The molecule has 2 heteroatoms. The van der Waals surface area contributed by atoms with Gasteiger partial charge in [-0.15, -0.1) is 11.8 Å². The van der Waals surface area contributed by atoms with E-state index in [1.807, 2.05) is 0 Å². The summed E-state index contributed by atoms with van der Waals surface area (Å²) in [6.07, 6.45) is 3.71. The zero-order valence-corrected chi connectivity index (χ0v) is 7.04. The van der Waals surface area contributed by atoms with Gasteiger partial charge in [-0.2, -0.15) is 0 Å². The Bertz CT molecular complexity index is 54.9. The Morgan fingerprint density at radius 1 is 1.44 bits per heavy atom. The van der Waals surface area contributed by atoms with Crippen LogP contribution in [0.25, 0.3) is 0 Å². The van der Waals surface area contributed by atoms with Crippen LogP contribution in [0.5, 0.6) is 0 Å². The normalized spacial score (nSPS) is 13.7. The molecule has 0 aromatic heterocycles. The van der Waals surface area contributed by atoms with Crippen LogP contribution in [-0.4, -0.2) is 11.2 Å². The topological polar surface area (TPSA) is 19.9 Å². The van der Waals surface area contributed by atoms with E-state index in [0.29, 0.717) is 0 Å². The summed E-state index contributed by atoms with van der Waals surface area (Å²) in [6.45, 7) is 3.88. The molecule has 0 amide bonds. The van der Waals surface area contributed by atoms with Crippen molar-refractivity contribution >= 4 is 11.8 Å². The molecule has 0 heterocycles. The number of rotatable bonds is 5. The Morgan fingerprint density at radius 3 is 2.56 bits per heavy atom. The number of unbranched alkanes of at least 4 members (excludes halogenated alkanes) is 2. The molecule has 0 aromatic carbocycles. The van der Waals surface area contributed by atoms with Crippen LogP contribution >= 0.6 is 11.8 Å². The zero-order valence-electron chi connectivity index (χ0n) is 6.22. The number of hydrogen-bond donors (Lipinski definition) is 0. The third-order valence-electron chi connectivity index (χ3n) is 1.10. The summed E-state index contributed by atoms with van der Waals surface area (Å²) in [5.41, 5.74) is -0.429. The van der Waals surface area contributed by atoms with E-state index in [0.717, 1.165) is 5.75 Å². The minimum atomic E-state index is -0.429. The maximum atomic E-state index is 10.5. The average molecular weight is 147 g/mol. The van der Waals surface area contributed by atoms with E-state index in [1.165, 1.54) is 31.0 Å². The summed E-state index contributed by atoms with van der Waals surface area (Å²) in [7, 11) is 0. The van der Waals surface area contributed by atoms with Crippen molar-refractivity contribution in [1.29, 1.82) is 0 Å². The number of thioether (sulfide) groups is 1. The van der Waals surface area contributed by atoms with Gasteiger partial charge in [0, 0.05) is 0 Å². The van der Waals surface area contributed by atoms with E-state index >= 15 is 0 Å². The number of hydrogen-bond acceptors (Lipinski definition) is 1. The maximum absolute atomic E-state index is 10.5. The van der Waals surface area contributed by atoms with Crippen LogP contribution in [0.4, 0.5) is 0 Å². The van der Waals surface area contributed by atoms with Crippen molar-refractivity contribution in [3.05, 3.63) is 0 Å². The molecular weight excluding hydrogens is 132 g/mol. The Balaban J connectivity index is 2.75. The molecule has 1 unspecified atom stereocenters. The summed E-state index contributed by atoms with van der Waals surface area (Å²) in [5, 5.41) is 10.5. The molecule has 0 aliphatic heterocycles. The lowest BCUT2D eigenvalue weighted by Crippen LogP contribution is -1.91. The van der Waals surface area contributed by atoms with Crippen molar-refractivity contribution in [3.8, 4) is 0 Å². The zero-order chi connectivity index (χ0) is 7.11. The third kappa shape index (κ3) is 8.31. The van der Waals surface area contributed by atoms with Gasteiger partial charge in [0.05, 0.1) is 0 Å². The second-order valence-electron chi connectivity index (χ2n) is 2.15.